The summed E-state index contributed by atoms with van der Waals surface area (Å²) in [5.41, 5.74) is 2.16. The summed E-state index contributed by atoms with van der Waals surface area (Å²) < 4.78 is 26.2. The van der Waals surface area contributed by atoms with Crippen molar-refractivity contribution >= 4 is 0 Å². The molecule has 0 aliphatic carbocycles. The number of hydrogen-bond acceptors (Lipinski definition) is 4. The number of fused-ring (bicyclic) bond motifs is 1. The number of ether oxygens (including phenoxy) is 2. The van der Waals surface area contributed by atoms with Crippen molar-refractivity contribution in [1.82, 2.24) is 9.78 Å². The predicted octanol–water partition coefficient (Wildman–Crippen LogP) is 2.43. The number of hydrogen-bond donors (Lipinski definition) is 1. The van der Waals surface area contributed by atoms with Crippen LogP contribution in [-0.2, 0) is 7.05 Å². The van der Waals surface area contributed by atoms with E-state index in [1.165, 1.54) is 12.1 Å². The van der Waals surface area contributed by atoms with E-state index in [0.717, 1.165) is 11.3 Å². The highest BCUT2D eigenvalue weighted by molar-refractivity contribution is 5.41. The molecule has 3 rings (SSSR count). The molecule has 5 nitrogen and oxygen atoms in total. The lowest BCUT2D eigenvalue weighted by molar-refractivity contribution is 0.0637. The van der Waals surface area contributed by atoms with E-state index in [9.17, 15) is 9.50 Å². The van der Waals surface area contributed by atoms with E-state index in [4.69, 9.17) is 9.47 Å². The Morgan fingerprint density at radius 2 is 2.24 bits per heavy atom. The molecule has 2 heterocycles. The highest BCUT2D eigenvalue weighted by Crippen LogP contribution is 2.43. The van der Waals surface area contributed by atoms with Crippen molar-refractivity contribution in [3.63, 3.8) is 0 Å². The van der Waals surface area contributed by atoms with Gasteiger partial charge in [-0.25, -0.2) is 9.07 Å². The molecule has 1 unspecified atom stereocenters. The number of aliphatic hydroxyl groups is 1. The van der Waals surface area contributed by atoms with E-state index < -0.39 is 18.0 Å². The van der Waals surface area contributed by atoms with Gasteiger partial charge in [-0.15, -0.1) is 0 Å². The largest absolute Gasteiger partial charge is 0.485 e. The van der Waals surface area contributed by atoms with Gasteiger partial charge in [-0.3, -0.25) is 0 Å². The Morgan fingerprint density at radius 1 is 1.48 bits per heavy atom. The minimum absolute atomic E-state index is 0.365. The van der Waals surface area contributed by atoms with E-state index >= 15 is 0 Å². The van der Waals surface area contributed by atoms with Crippen LogP contribution in [0.3, 0.4) is 0 Å². The molecular formula is C15H17FN2O3. The Balaban J connectivity index is 2.03. The topological polar surface area (TPSA) is 56.5 Å². The van der Waals surface area contributed by atoms with Crippen LogP contribution in [0.25, 0.3) is 0 Å². The first-order valence-corrected chi connectivity index (χ1v) is 6.73. The minimum Gasteiger partial charge on any atom is -0.485 e. The second-order valence-electron chi connectivity index (χ2n) is 5.17. The molecule has 1 aromatic heterocycles. The molecule has 1 aliphatic heterocycles. The molecule has 1 aromatic carbocycles. The molecule has 2 atom stereocenters. The Bertz CT molecular complexity index is 684. The van der Waals surface area contributed by atoms with Crippen LogP contribution in [0.5, 0.6) is 11.6 Å². The summed E-state index contributed by atoms with van der Waals surface area (Å²) in [6, 6.07) is 4.17. The molecule has 0 saturated heterocycles. The van der Waals surface area contributed by atoms with Gasteiger partial charge in [0.25, 0.3) is 0 Å². The normalized spacial score (nSPS) is 20.8. The molecule has 0 amide bonds. The summed E-state index contributed by atoms with van der Waals surface area (Å²) in [6.07, 6.45) is -0.747. The fourth-order valence-electron chi connectivity index (χ4n) is 2.86. The first-order chi connectivity index (χ1) is 10.0. The summed E-state index contributed by atoms with van der Waals surface area (Å²) in [4.78, 5) is 0. The van der Waals surface area contributed by atoms with Crippen molar-refractivity contribution in [3.05, 3.63) is 40.8 Å². The quantitative estimate of drug-likeness (QED) is 0.923. The third-order valence-electron chi connectivity index (χ3n) is 3.77. The van der Waals surface area contributed by atoms with Crippen LogP contribution in [0.4, 0.5) is 4.39 Å². The molecule has 112 valence electrons. The molecule has 21 heavy (non-hydrogen) atoms. The van der Waals surface area contributed by atoms with Gasteiger partial charge in [-0.1, -0.05) is 0 Å². The van der Waals surface area contributed by atoms with Gasteiger partial charge in [0, 0.05) is 25.1 Å². The Kier molecular flexibility index (Phi) is 3.33. The van der Waals surface area contributed by atoms with Gasteiger partial charge < -0.3 is 14.6 Å². The molecule has 0 radical (unpaired) electrons. The maximum atomic E-state index is 13.4. The van der Waals surface area contributed by atoms with Gasteiger partial charge in [-0.05, 0) is 19.1 Å². The third-order valence-corrected chi connectivity index (χ3v) is 3.77. The Morgan fingerprint density at radius 3 is 2.95 bits per heavy atom. The monoisotopic (exact) mass is 292 g/mol. The van der Waals surface area contributed by atoms with Gasteiger partial charge >= 0.3 is 0 Å². The molecule has 1 aliphatic rings. The summed E-state index contributed by atoms with van der Waals surface area (Å²) in [7, 11) is 3.34. The van der Waals surface area contributed by atoms with Crippen LogP contribution in [0.1, 0.15) is 35.4 Å². The number of benzene rings is 1. The lowest BCUT2D eigenvalue weighted by atomic mass is 9.95. The second-order valence-corrected chi connectivity index (χ2v) is 5.17. The van der Waals surface area contributed by atoms with Gasteiger partial charge in [0.05, 0.1) is 24.5 Å². The van der Waals surface area contributed by atoms with E-state index in [2.05, 4.69) is 5.10 Å². The van der Waals surface area contributed by atoms with Gasteiger partial charge in [0.15, 0.2) is 0 Å². The van der Waals surface area contributed by atoms with Crippen LogP contribution in [0, 0.1) is 12.7 Å². The van der Waals surface area contributed by atoms with Crippen LogP contribution >= 0.6 is 0 Å². The van der Waals surface area contributed by atoms with Gasteiger partial charge in [0.2, 0.25) is 5.88 Å². The molecule has 0 saturated carbocycles. The molecule has 0 spiro atoms. The molecule has 0 fully saturated rings. The maximum absolute atomic E-state index is 13.4. The highest BCUT2D eigenvalue weighted by Gasteiger charge is 2.33. The fraction of sp³-hybridized carbons (Fsp3) is 0.400. The summed E-state index contributed by atoms with van der Waals surface area (Å²) in [5.74, 6) is 0.560. The minimum atomic E-state index is -0.705. The molecular weight excluding hydrogens is 275 g/mol. The first-order valence-electron chi connectivity index (χ1n) is 6.73. The number of methoxy groups -OCH3 is 1. The summed E-state index contributed by atoms with van der Waals surface area (Å²) in [6.45, 7) is 1.86. The maximum Gasteiger partial charge on any atom is 0.218 e. The summed E-state index contributed by atoms with van der Waals surface area (Å²) in [5, 5.41) is 14.6. The number of halogens is 1. The number of aliphatic hydroxyl groups excluding tert-OH is 1. The second kappa shape index (κ2) is 5.04. The number of aromatic nitrogens is 2. The number of nitrogens with zero attached hydrogens (tertiary/aromatic N) is 2. The molecule has 0 bridgehead atoms. The van der Waals surface area contributed by atoms with Crippen LogP contribution < -0.4 is 9.47 Å². The lowest BCUT2D eigenvalue weighted by Crippen LogP contribution is -2.20. The standard InChI is InChI=1S/C15H17FN2O3/c1-8-14(15(20-3)18(2)17-8)13-7-11(19)10-5-4-9(16)6-12(10)21-13/h4-6,11,13,19H,7H2,1-3H3/t11-,13?/m0/s1. The molecule has 1 N–H and O–H groups in total. The van der Waals surface area contributed by atoms with Crippen molar-refractivity contribution in [1.29, 1.82) is 0 Å². The van der Waals surface area contributed by atoms with Crippen molar-refractivity contribution < 1.29 is 19.0 Å². The van der Waals surface area contributed by atoms with Crippen molar-refractivity contribution in [2.75, 3.05) is 7.11 Å². The van der Waals surface area contributed by atoms with E-state index in [1.807, 2.05) is 6.92 Å². The van der Waals surface area contributed by atoms with E-state index in [1.54, 1.807) is 24.9 Å². The Labute approximate surface area is 121 Å². The first kappa shape index (κ1) is 13.9. The third kappa shape index (κ3) is 2.25. The smallest absolute Gasteiger partial charge is 0.218 e. The number of rotatable bonds is 2. The van der Waals surface area contributed by atoms with E-state index in [0.29, 0.717) is 23.6 Å². The van der Waals surface area contributed by atoms with Crippen LogP contribution in [-0.4, -0.2) is 22.0 Å². The average Bonchev–Trinajstić information content (AvgIpc) is 2.71. The van der Waals surface area contributed by atoms with E-state index in [-0.39, 0.29) is 0 Å². The predicted molar refractivity (Wildman–Crippen MR) is 73.8 cm³/mol. The number of aryl methyl sites for hydroxylation is 2. The van der Waals surface area contributed by atoms with Gasteiger partial charge in [-0.2, -0.15) is 5.10 Å². The zero-order valence-corrected chi connectivity index (χ0v) is 12.1. The van der Waals surface area contributed by atoms with Crippen LogP contribution in [0.15, 0.2) is 18.2 Å². The zero-order valence-electron chi connectivity index (χ0n) is 12.1. The average molecular weight is 292 g/mol. The zero-order chi connectivity index (χ0) is 15.1. The summed E-state index contributed by atoms with van der Waals surface area (Å²) >= 11 is 0. The molecule has 6 heteroatoms. The fourth-order valence-corrected chi connectivity index (χ4v) is 2.86. The SMILES string of the molecule is COc1c(C2C[C@H](O)c3ccc(F)cc3O2)c(C)nn1C. The van der Waals surface area contributed by atoms with Crippen molar-refractivity contribution in [3.8, 4) is 11.6 Å². The van der Waals surface area contributed by atoms with Crippen molar-refractivity contribution in [2.24, 2.45) is 7.05 Å². The molecule has 2 aromatic rings. The van der Waals surface area contributed by atoms with Crippen molar-refractivity contribution in [2.45, 2.75) is 25.6 Å². The highest BCUT2D eigenvalue weighted by atomic mass is 19.1. The van der Waals surface area contributed by atoms with Gasteiger partial charge in [0.1, 0.15) is 17.7 Å². The lowest BCUT2D eigenvalue weighted by Gasteiger charge is -2.29. The van der Waals surface area contributed by atoms with Crippen LogP contribution in [0.2, 0.25) is 0 Å². The Hall–Kier alpha value is -2.08.